The number of benzene rings is 1. The molecule has 1 aromatic rings. The molecule has 1 aliphatic heterocycles. The predicted molar refractivity (Wildman–Crippen MR) is 81.1 cm³/mol. The average molecular weight is 393 g/mol. The summed E-state index contributed by atoms with van der Waals surface area (Å²) >= 11 is 6.70. The number of alkyl halides is 1. The summed E-state index contributed by atoms with van der Waals surface area (Å²) < 4.78 is 14.3. The number of carbonyl (C=O) groups excluding carboxylic acids is 1. The van der Waals surface area contributed by atoms with Gasteiger partial charge in [0.2, 0.25) is 0 Å². The summed E-state index contributed by atoms with van der Waals surface area (Å²) in [6, 6.07) is 4.63. The van der Waals surface area contributed by atoms with Crippen LogP contribution in [0.1, 0.15) is 29.6 Å². The molecule has 1 atom stereocenters. The number of piperidine rings is 1. The van der Waals surface area contributed by atoms with Crippen molar-refractivity contribution < 1.29 is 9.18 Å². The van der Waals surface area contributed by atoms with E-state index in [0.29, 0.717) is 10.4 Å². The Kier molecular flexibility index (Phi) is 5.39. The summed E-state index contributed by atoms with van der Waals surface area (Å²) in [6.07, 6.45) is 3.20. The Morgan fingerprint density at radius 3 is 2.95 bits per heavy atom. The maximum atomic E-state index is 13.8. The van der Waals surface area contributed by atoms with E-state index in [1.54, 1.807) is 17.0 Å². The molecule has 0 aliphatic carbocycles. The van der Waals surface area contributed by atoms with E-state index in [9.17, 15) is 9.18 Å². The summed E-state index contributed by atoms with van der Waals surface area (Å²) in [7, 11) is 0. The number of likely N-dealkylation sites (tertiary alicyclic amines) is 1. The third kappa shape index (κ3) is 3.57. The van der Waals surface area contributed by atoms with Gasteiger partial charge in [-0.2, -0.15) is 0 Å². The van der Waals surface area contributed by atoms with E-state index in [4.69, 9.17) is 0 Å². The van der Waals surface area contributed by atoms with Crippen LogP contribution in [-0.2, 0) is 0 Å². The molecule has 0 N–H and O–H groups in total. The lowest BCUT2D eigenvalue weighted by atomic mass is 9.95. The molecule has 0 aromatic heterocycles. The third-order valence-corrected chi connectivity index (χ3v) is 4.62. The van der Waals surface area contributed by atoms with Crippen LogP contribution in [0, 0.1) is 11.7 Å². The minimum absolute atomic E-state index is 0.155. The van der Waals surface area contributed by atoms with E-state index in [0.717, 1.165) is 37.7 Å². The van der Waals surface area contributed by atoms with Gasteiger partial charge in [0.05, 0.1) is 5.56 Å². The molecule has 1 heterocycles. The van der Waals surface area contributed by atoms with Crippen molar-refractivity contribution in [3.05, 3.63) is 34.1 Å². The summed E-state index contributed by atoms with van der Waals surface area (Å²) in [5.41, 5.74) is 0.155. The second-order valence-corrected chi connectivity index (χ2v) is 6.48. The average Bonchev–Trinajstić information content (AvgIpc) is 2.39. The molecule has 1 fully saturated rings. The van der Waals surface area contributed by atoms with Crippen LogP contribution in [0.15, 0.2) is 22.7 Å². The van der Waals surface area contributed by atoms with Gasteiger partial charge >= 0.3 is 0 Å². The van der Waals surface area contributed by atoms with E-state index in [2.05, 4.69) is 31.9 Å². The van der Waals surface area contributed by atoms with Crippen molar-refractivity contribution in [3.8, 4) is 0 Å². The standard InChI is InChI=1S/C14H16Br2FNO/c15-7-6-10-3-2-8-18(9-10)14(19)13-11(16)4-1-5-12(13)17/h1,4-5,10H,2-3,6-9H2. The van der Waals surface area contributed by atoms with Crippen LogP contribution in [0.3, 0.4) is 0 Å². The highest BCUT2D eigenvalue weighted by atomic mass is 79.9. The maximum absolute atomic E-state index is 13.8. The van der Waals surface area contributed by atoms with E-state index >= 15 is 0 Å². The molecule has 0 saturated carbocycles. The first-order valence-electron chi connectivity index (χ1n) is 6.42. The highest BCUT2D eigenvalue weighted by Gasteiger charge is 2.26. The Bertz CT molecular complexity index is 445. The minimum atomic E-state index is -0.456. The van der Waals surface area contributed by atoms with Crippen LogP contribution in [0.25, 0.3) is 0 Å². The van der Waals surface area contributed by atoms with E-state index in [1.165, 1.54) is 6.07 Å². The van der Waals surface area contributed by atoms with Crippen molar-refractivity contribution in [3.63, 3.8) is 0 Å². The van der Waals surface area contributed by atoms with E-state index < -0.39 is 5.82 Å². The summed E-state index contributed by atoms with van der Waals surface area (Å²) in [6.45, 7) is 1.45. The van der Waals surface area contributed by atoms with Crippen molar-refractivity contribution >= 4 is 37.8 Å². The zero-order valence-electron chi connectivity index (χ0n) is 10.5. The highest BCUT2D eigenvalue weighted by molar-refractivity contribution is 9.10. The van der Waals surface area contributed by atoms with Crippen LogP contribution < -0.4 is 0 Å². The Morgan fingerprint density at radius 2 is 2.26 bits per heavy atom. The Morgan fingerprint density at radius 1 is 1.47 bits per heavy atom. The number of rotatable bonds is 3. The van der Waals surface area contributed by atoms with Crippen molar-refractivity contribution in [1.82, 2.24) is 4.90 Å². The fraction of sp³-hybridized carbons (Fsp3) is 0.500. The summed E-state index contributed by atoms with van der Waals surface area (Å²) in [5.74, 6) is -0.145. The van der Waals surface area contributed by atoms with Crippen LogP contribution in [0.5, 0.6) is 0 Å². The number of hydrogen-bond acceptors (Lipinski definition) is 1. The van der Waals surface area contributed by atoms with Crippen LogP contribution in [0.2, 0.25) is 0 Å². The molecule has 1 saturated heterocycles. The summed E-state index contributed by atoms with van der Waals surface area (Å²) in [4.78, 5) is 14.2. The number of halogens is 3. The molecule has 1 aromatic carbocycles. The number of hydrogen-bond donors (Lipinski definition) is 0. The van der Waals surface area contributed by atoms with Gasteiger partial charge in [-0.3, -0.25) is 4.79 Å². The monoisotopic (exact) mass is 391 g/mol. The van der Waals surface area contributed by atoms with Crippen molar-refractivity contribution in [2.24, 2.45) is 5.92 Å². The molecule has 104 valence electrons. The lowest BCUT2D eigenvalue weighted by molar-refractivity contribution is 0.0666. The molecule has 1 aliphatic rings. The molecule has 1 unspecified atom stereocenters. The van der Waals surface area contributed by atoms with Crippen molar-refractivity contribution in [1.29, 1.82) is 0 Å². The number of amides is 1. The molecule has 19 heavy (non-hydrogen) atoms. The number of carbonyl (C=O) groups is 1. The van der Waals surface area contributed by atoms with Gasteiger partial charge in [0.15, 0.2) is 0 Å². The molecular formula is C14H16Br2FNO. The predicted octanol–water partition coefficient (Wildman–Crippen LogP) is 4.23. The quantitative estimate of drug-likeness (QED) is 0.705. The molecular weight excluding hydrogens is 377 g/mol. The Labute approximate surface area is 129 Å². The van der Waals surface area contributed by atoms with Gasteiger partial charge in [-0.05, 0) is 53.2 Å². The van der Waals surface area contributed by atoms with Crippen LogP contribution in [-0.4, -0.2) is 29.2 Å². The SMILES string of the molecule is O=C(c1c(F)cccc1Br)N1CCCC(CCBr)C1. The first-order chi connectivity index (χ1) is 9.13. The Balaban J connectivity index is 2.15. The van der Waals surface area contributed by atoms with Gasteiger partial charge in [0.1, 0.15) is 5.82 Å². The van der Waals surface area contributed by atoms with Gasteiger partial charge < -0.3 is 4.90 Å². The summed E-state index contributed by atoms with van der Waals surface area (Å²) in [5, 5.41) is 0.948. The zero-order valence-corrected chi connectivity index (χ0v) is 13.7. The zero-order chi connectivity index (χ0) is 13.8. The van der Waals surface area contributed by atoms with E-state index in [-0.39, 0.29) is 11.5 Å². The van der Waals surface area contributed by atoms with Crippen LogP contribution >= 0.6 is 31.9 Å². The highest BCUT2D eigenvalue weighted by Crippen LogP contribution is 2.26. The Hall–Kier alpha value is -0.420. The largest absolute Gasteiger partial charge is 0.338 e. The first-order valence-corrected chi connectivity index (χ1v) is 8.34. The molecule has 1 amide bonds. The first kappa shape index (κ1) is 15.0. The fourth-order valence-corrected chi connectivity index (χ4v) is 3.66. The molecule has 2 rings (SSSR count). The van der Waals surface area contributed by atoms with Gasteiger partial charge in [-0.25, -0.2) is 4.39 Å². The molecule has 0 radical (unpaired) electrons. The lowest BCUT2D eigenvalue weighted by Gasteiger charge is -2.33. The molecule has 0 spiro atoms. The topological polar surface area (TPSA) is 20.3 Å². The van der Waals surface area contributed by atoms with E-state index in [1.807, 2.05) is 0 Å². The second kappa shape index (κ2) is 6.84. The van der Waals surface area contributed by atoms with Gasteiger partial charge in [0, 0.05) is 22.9 Å². The van der Waals surface area contributed by atoms with Gasteiger partial charge in [0.25, 0.3) is 5.91 Å². The smallest absolute Gasteiger partial charge is 0.257 e. The minimum Gasteiger partial charge on any atom is -0.338 e. The van der Waals surface area contributed by atoms with Gasteiger partial charge in [-0.1, -0.05) is 22.0 Å². The second-order valence-electron chi connectivity index (χ2n) is 4.83. The lowest BCUT2D eigenvalue weighted by Crippen LogP contribution is -2.40. The van der Waals surface area contributed by atoms with Crippen molar-refractivity contribution in [2.45, 2.75) is 19.3 Å². The number of nitrogens with zero attached hydrogens (tertiary/aromatic N) is 1. The fourth-order valence-electron chi connectivity index (χ4n) is 2.50. The molecule has 0 bridgehead atoms. The third-order valence-electron chi connectivity index (χ3n) is 3.50. The van der Waals surface area contributed by atoms with Crippen molar-refractivity contribution in [2.75, 3.05) is 18.4 Å². The van der Waals surface area contributed by atoms with Crippen LogP contribution in [0.4, 0.5) is 4.39 Å². The normalized spacial score (nSPS) is 19.5. The van der Waals surface area contributed by atoms with Gasteiger partial charge in [-0.15, -0.1) is 0 Å². The molecule has 2 nitrogen and oxygen atoms in total. The maximum Gasteiger partial charge on any atom is 0.257 e. The molecule has 5 heteroatoms.